The Labute approximate surface area is 164 Å². The summed E-state index contributed by atoms with van der Waals surface area (Å²) >= 11 is 7.46. The first-order valence-electron chi connectivity index (χ1n) is 9.20. The topological polar surface area (TPSA) is 59.8 Å². The van der Waals surface area contributed by atoms with E-state index in [1.165, 1.54) is 31.0 Å². The second kappa shape index (κ2) is 10.6. The number of nitrogens with zero attached hydrogens (tertiary/aromatic N) is 3. The van der Waals surface area contributed by atoms with E-state index in [0.717, 1.165) is 29.5 Å². The molecule has 2 aromatic rings. The van der Waals surface area contributed by atoms with E-state index in [4.69, 9.17) is 11.6 Å². The molecular weight excluding hydrogens is 368 g/mol. The molecule has 2 rings (SSSR count). The fourth-order valence-corrected chi connectivity index (χ4v) is 3.64. The molecule has 1 aromatic carbocycles. The summed E-state index contributed by atoms with van der Waals surface area (Å²) in [6, 6.07) is 7.63. The van der Waals surface area contributed by atoms with Gasteiger partial charge in [0.2, 0.25) is 5.91 Å². The molecule has 0 radical (unpaired) electrons. The number of unbranched alkanes of at least 4 members (excludes halogenated alkanes) is 3. The number of carbonyl (C=O) groups is 1. The van der Waals surface area contributed by atoms with Crippen LogP contribution in [0.3, 0.4) is 0 Å². The minimum absolute atomic E-state index is 0.0195. The lowest BCUT2D eigenvalue weighted by Crippen LogP contribution is -2.30. The molecule has 0 aliphatic heterocycles. The van der Waals surface area contributed by atoms with E-state index in [-0.39, 0.29) is 11.2 Å². The zero-order valence-electron chi connectivity index (χ0n) is 15.7. The van der Waals surface area contributed by atoms with E-state index in [2.05, 4.69) is 27.0 Å². The van der Waals surface area contributed by atoms with Crippen molar-refractivity contribution in [2.75, 3.05) is 6.54 Å². The van der Waals surface area contributed by atoms with Crippen LogP contribution in [0.2, 0.25) is 5.02 Å². The molecule has 26 heavy (non-hydrogen) atoms. The highest BCUT2D eigenvalue weighted by atomic mass is 35.5. The van der Waals surface area contributed by atoms with Gasteiger partial charge in [0.25, 0.3) is 0 Å². The lowest BCUT2D eigenvalue weighted by atomic mass is 10.2. The van der Waals surface area contributed by atoms with Gasteiger partial charge in [0.15, 0.2) is 11.0 Å². The molecule has 0 aliphatic rings. The van der Waals surface area contributed by atoms with Crippen LogP contribution in [0, 0.1) is 0 Å². The second-order valence-corrected chi connectivity index (χ2v) is 7.92. The Bertz CT molecular complexity index is 702. The lowest BCUT2D eigenvalue weighted by molar-refractivity contribution is -0.120. The summed E-state index contributed by atoms with van der Waals surface area (Å²) in [5.74, 6) is 0.842. The molecule has 1 atom stereocenters. The maximum Gasteiger partial charge on any atom is 0.233 e. The van der Waals surface area contributed by atoms with Gasteiger partial charge in [-0.15, -0.1) is 10.2 Å². The zero-order chi connectivity index (χ0) is 18.9. The second-order valence-electron chi connectivity index (χ2n) is 6.18. The lowest BCUT2D eigenvalue weighted by Gasteiger charge is -2.13. The van der Waals surface area contributed by atoms with Gasteiger partial charge in [0, 0.05) is 23.7 Å². The Hall–Kier alpha value is -1.53. The fourth-order valence-electron chi connectivity index (χ4n) is 2.62. The molecule has 1 amide bonds. The number of benzene rings is 1. The van der Waals surface area contributed by atoms with Crippen molar-refractivity contribution >= 4 is 29.3 Å². The zero-order valence-corrected chi connectivity index (χ0v) is 17.2. The van der Waals surface area contributed by atoms with Crippen molar-refractivity contribution in [1.29, 1.82) is 0 Å². The van der Waals surface area contributed by atoms with E-state index >= 15 is 0 Å². The van der Waals surface area contributed by atoms with Crippen LogP contribution in [0.25, 0.3) is 11.4 Å². The average Bonchev–Trinajstić information content (AvgIpc) is 3.02. The number of rotatable bonds is 10. The first-order valence-corrected chi connectivity index (χ1v) is 10.5. The number of thioether (sulfide) groups is 1. The Morgan fingerprint density at radius 1 is 1.19 bits per heavy atom. The standard InChI is InChI=1S/C19H27ClN4OS/c1-4-6-7-8-13-24-17(15-9-11-16(20)12-10-15)22-23-19(24)26-14(3)18(25)21-5-2/h9-12,14H,4-8,13H2,1-3H3,(H,21,25)/t14-/m1/s1. The third-order valence-electron chi connectivity index (χ3n) is 4.06. The summed E-state index contributed by atoms with van der Waals surface area (Å²) in [6.45, 7) is 7.49. The quantitative estimate of drug-likeness (QED) is 0.464. The average molecular weight is 395 g/mol. The van der Waals surface area contributed by atoms with Crippen molar-refractivity contribution < 1.29 is 4.79 Å². The van der Waals surface area contributed by atoms with E-state index in [9.17, 15) is 4.79 Å². The van der Waals surface area contributed by atoms with Crippen LogP contribution in [-0.2, 0) is 11.3 Å². The van der Waals surface area contributed by atoms with Crippen LogP contribution in [0.5, 0.6) is 0 Å². The van der Waals surface area contributed by atoms with Gasteiger partial charge in [-0.3, -0.25) is 4.79 Å². The number of carbonyl (C=O) groups excluding carboxylic acids is 1. The molecule has 0 fully saturated rings. The summed E-state index contributed by atoms with van der Waals surface area (Å²) in [5.41, 5.74) is 0.981. The van der Waals surface area contributed by atoms with Crippen molar-refractivity contribution in [2.45, 2.75) is 63.4 Å². The van der Waals surface area contributed by atoms with Crippen LogP contribution in [0.15, 0.2) is 29.4 Å². The minimum Gasteiger partial charge on any atom is -0.355 e. The third kappa shape index (κ3) is 5.74. The summed E-state index contributed by atoms with van der Waals surface area (Å²) in [7, 11) is 0. The Morgan fingerprint density at radius 2 is 1.92 bits per heavy atom. The maximum absolute atomic E-state index is 12.1. The molecule has 0 spiro atoms. The Kier molecular flexibility index (Phi) is 8.45. The predicted octanol–water partition coefficient (Wildman–Crippen LogP) is 4.80. The molecule has 0 saturated heterocycles. The minimum atomic E-state index is -0.216. The molecule has 0 saturated carbocycles. The van der Waals surface area contributed by atoms with Crippen LogP contribution in [-0.4, -0.2) is 32.5 Å². The first kappa shape index (κ1) is 20.8. The van der Waals surface area contributed by atoms with Crippen molar-refractivity contribution in [3.63, 3.8) is 0 Å². The van der Waals surface area contributed by atoms with Crippen molar-refractivity contribution in [1.82, 2.24) is 20.1 Å². The molecule has 0 aliphatic carbocycles. The first-order chi connectivity index (χ1) is 12.6. The monoisotopic (exact) mass is 394 g/mol. The van der Waals surface area contributed by atoms with Crippen LogP contribution in [0.4, 0.5) is 0 Å². The van der Waals surface area contributed by atoms with Gasteiger partial charge in [-0.25, -0.2) is 0 Å². The molecule has 7 heteroatoms. The summed E-state index contributed by atoms with van der Waals surface area (Å²) in [6.07, 6.45) is 4.65. The normalized spacial score (nSPS) is 12.2. The predicted molar refractivity (Wildman–Crippen MR) is 109 cm³/mol. The van der Waals surface area contributed by atoms with Gasteiger partial charge >= 0.3 is 0 Å². The van der Waals surface area contributed by atoms with E-state index < -0.39 is 0 Å². The number of aromatic nitrogens is 3. The highest BCUT2D eigenvalue weighted by molar-refractivity contribution is 8.00. The van der Waals surface area contributed by atoms with Crippen molar-refractivity contribution in [2.24, 2.45) is 0 Å². The molecule has 1 aromatic heterocycles. The van der Waals surface area contributed by atoms with Gasteiger partial charge in [-0.1, -0.05) is 49.5 Å². The van der Waals surface area contributed by atoms with Gasteiger partial charge in [-0.05, 0) is 44.5 Å². The van der Waals surface area contributed by atoms with Crippen LogP contribution >= 0.6 is 23.4 Å². The smallest absolute Gasteiger partial charge is 0.233 e. The number of amides is 1. The highest BCUT2D eigenvalue weighted by Gasteiger charge is 2.20. The fraction of sp³-hybridized carbons (Fsp3) is 0.526. The van der Waals surface area contributed by atoms with Gasteiger partial charge in [0.1, 0.15) is 0 Å². The summed E-state index contributed by atoms with van der Waals surface area (Å²) in [5, 5.41) is 12.9. The molecular formula is C19H27ClN4OS. The Morgan fingerprint density at radius 3 is 2.58 bits per heavy atom. The van der Waals surface area contributed by atoms with E-state index in [0.29, 0.717) is 11.6 Å². The van der Waals surface area contributed by atoms with Crippen molar-refractivity contribution in [3.8, 4) is 11.4 Å². The molecule has 0 bridgehead atoms. The SMILES string of the molecule is CCCCCCn1c(S[C@H](C)C(=O)NCC)nnc1-c1ccc(Cl)cc1. The molecule has 5 nitrogen and oxygen atoms in total. The van der Waals surface area contributed by atoms with Crippen LogP contribution in [0.1, 0.15) is 46.5 Å². The summed E-state index contributed by atoms with van der Waals surface area (Å²) in [4.78, 5) is 12.1. The molecule has 1 heterocycles. The van der Waals surface area contributed by atoms with Gasteiger partial charge in [0.05, 0.1) is 5.25 Å². The summed E-state index contributed by atoms with van der Waals surface area (Å²) < 4.78 is 2.12. The number of hydrogen-bond acceptors (Lipinski definition) is 4. The molecule has 0 unspecified atom stereocenters. The number of halogens is 1. The van der Waals surface area contributed by atoms with Crippen LogP contribution < -0.4 is 5.32 Å². The highest BCUT2D eigenvalue weighted by Crippen LogP contribution is 2.28. The number of nitrogens with one attached hydrogen (secondary N) is 1. The van der Waals surface area contributed by atoms with E-state index in [1.54, 1.807) is 0 Å². The van der Waals surface area contributed by atoms with E-state index in [1.807, 2.05) is 38.1 Å². The van der Waals surface area contributed by atoms with Gasteiger partial charge < -0.3 is 9.88 Å². The van der Waals surface area contributed by atoms with Crippen molar-refractivity contribution in [3.05, 3.63) is 29.3 Å². The number of hydrogen-bond donors (Lipinski definition) is 1. The largest absolute Gasteiger partial charge is 0.355 e. The Balaban J connectivity index is 2.23. The molecule has 1 N–H and O–H groups in total. The maximum atomic E-state index is 12.1. The van der Waals surface area contributed by atoms with Gasteiger partial charge in [-0.2, -0.15) is 0 Å². The third-order valence-corrected chi connectivity index (χ3v) is 5.39. The molecule has 142 valence electrons.